The van der Waals surface area contributed by atoms with Gasteiger partial charge in [-0.15, -0.1) is 0 Å². The summed E-state index contributed by atoms with van der Waals surface area (Å²) < 4.78 is 11.0. The van der Waals surface area contributed by atoms with E-state index in [0.717, 1.165) is 0 Å². The molecule has 1 fully saturated rings. The van der Waals surface area contributed by atoms with Gasteiger partial charge in [-0.1, -0.05) is 0 Å². The second-order valence-electron chi connectivity index (χ2n) is 2.46. The summed E-state index contributed by atoms with van der Waals surface area (Å²) in [6, 6.07) is -1.33. The molecule has 64 valence electrons. The molecule has 0 aliphatic carbocycles. The largest absolute Gasteiger partial charge is 0.432 e. The third kappa shape index (κ3) is 1.18. The van der Waals surface area contributed by atoms with Gasteiger partial charge in [-0.3, -0.25) is 4.79 Å². The van der Waals surface area contributed by atoms with Gasteiger partial charge in [-0.2, -0.15) is 0 Å². The Labute approximate surface area is 63.2 Å². The van der Waals surface area contributed by atoms with Crippen molar-refractivity contribution in [3.63, 3.8) is 0 Å². The number of β-lactam (4-membered cyclic amide) rings is 1. The van der Waals surface area contributed by atoms with Gasteiger partial charge in [-0.25, -0.2) is 9.24 Å². The van der Waals surface area contributed by atoms with Gasteiger partial charge in [0.15, 0.2) is 0 Å². The third-order valence-corrected chi connectivity index (χ3v) is 2.82. The molecule has 6 nitrogen and oxygen atoms in total. The normalized spacial score (nSPS) is 32.0. The van der Waals surface area contributed by atoms with Crippen LogP contribution in [0.15, 0.2) is 0 Å². The Balaban J connectivity index is 2.79. The Kier molecular flexibility index (Phi) is 1.80. The maximum Gasteiger partial charge on any atom is 0.432 e. The van der Waals surface area contributed by atoms with Crippen LogP contribution in [0.2, 0.25) is 0 Å². The molecule has 4 N–H and O–H groups in total. The fourth-order valence-corrected chi connectivity index (χ4v) is 2.00. The Morgan fingerprint density at radius 2 is 2.09 bits per heavy atom. The number of carbonyl (C=O) groups excluding carboxylic acids is 1. The second kappa shape index (κ2) is 2.28. The standard InChI is InChI=1S/C4H9N2O4P/c1-2-3(5)4(7)6(2)11(8,9)10/h2-3H,5H2,1H3,(H2,8,9,10). The average molecular weight is 180 g/mol. The lowest BCUT2D eigenvalue weighted by Gasteiger charge is -2.42. The predicted octanol–water partition coefficient (Wildman–Crippen LogP) is -1.36. The van der Waals surface area contributed by atoms with Crippen LogP contribution in [-0.2, 0) is 9.36 Å². The lowest BCUT2D eigenvalue weighted by atomic mass is 10.0. The molecule has 2 atom stereocenters. The molecule has 1 aliphatic heterocycles. The minimum atomic E-state index is -4.42. The minimum Gasteiger partial charge on any atom is -0.318 e. The summed E-state index contributed by atoms with van der Waals surface area (Å²) in [5.74, 6) is -0.689. The maximum atomic E-state index is 10.7. The van der Waals surface area contributed by atoms with E-state index in [-0.39, 0.29) is 0 Å². The molecule has 11 heavy (non-hydrogen) atoms. The average Bonchev–Trinajstić information content (AvgIpc) is 1.85. The van der Waals surface area contributed by atoms with Crippen molar-refractivity contribution in [2.24, 2.45) is 5.73 Å². The van der Waals surface area contributed by atoms with Gasteiger partial charge < -0.3 is 15.5 Å². The number of nitrogens with two attached hydrogens (primary N) is 1. The summed E-state index contributed by atoms with van der Waals surface area (Å²) in [5, 5.41) is 0. The third-order valence-electron chi connectivity index (χ3n) is 1.70. The summed E-state index contributed by atoms with van der Waals surface area (Å²) in [4.78, 5) is 27.8. The van der Waals surface area contributed by atoms with E-state index < -0.39 is 25.7 Å². The first-order valence-corrected chi connectivity index (χ1v) is 4.57. The van der Waals surface area contributed by atoms with Crippen LogP contribution < -0.4 is 5.73 Å². The molecule has 7 heteroatoms. The Morgan fingerprint density at radius 3 is 2.27 bits per heavy atom. The van der Waals surface area contributed by atoms with Crippen molar-refractivity contribution < 1.29 is 19.1 Å². The van der Waals surface area contributed by atoms with Crippen molar-refractivity contribution in [1.29, 1.82) is 0 Å². The highest BCUT2D eigenvalue weighted by molar-refractivity contribution is 7.50. The van der Waals surface area contributed by atoms with E-state index in [4.69, 9.17) is 15.5 Å². The molecule has 0 aromatic heterocycles. The molecule has 1 rings (SSSR count). The van der Waals surface area contributed by atoms with Crippen LogP contribution in [0, 0.1) is 0 Å². The van der Waals surface area contributed by atoms with E-state index in [1.807, 2.05) is 0 Å². The quantitative estimate of drug-likeness (QED) is 0.341. The van der Waals surface area contributed by atoms with Crippen LogP contribution in [0.5, 0.6) is 0 Å². The monoisotopic (exact) mass is 180 g/mol. The second-order valence-corrected chi connectivity index (χ2v) is 3.92. The molecule has 1 heterocycles. The van der Waals surface area contributed by atoms with E-state index >= 15 is 0 Å². The SMILES string of the molecule is CC1C(N)C(=O)N1P(=O)(O)O. The van der Waals surface area contributed by atoms with Gasteiger partial charge in [0.2, 0.25) is 0 Å². The molecule has 0 spiro atoms. The number of nitrogens with zero attached hydrogens (tertiary/aromatic N) is 1. The highest BCUT2D eigenvalue weighted by Gasteiger charge is 2.50. The maximum absolute atomic E-state index is 10.7. The topological polar surface area (TPSA) is 104 Å². The highest BCUT2D eigenvalue weighted by Crippen LogP contribution is 2.46. The fourth-order valence-electron chi connectivity index (χ4n) is 0.995. The summed E-state index contributed by atoms with van der Waals surface area (Å²) in [6.07, 6.45) is 0. The summed E-state index contributed by atoms with van der Waals surface area (Å²) in [7, 11) is -4.42. The van der Waals surface area contributed by atoms with E-state index in [1.54, 1.807) is 0 Å². The first-order chi connectivity index (χ1) is 4.85. The van der Waals surface area contributed by atoms with Crippen LogP contribution in [0.25, 0.3) is 0 Å². The Hall–Kier alpha value is -0.420. The predicted molar refractivity (Wildman–Crippen MR) is 36.3 cm³/mol. The zero-order valence-corrected chi connectivity index (χ0v) is 6.73. The number of hydrogen-bond donors (Lipinski definition) is 3. The van der Waals surface area contributed by atoms with Crippen molar-refractivity contribution in [2.75, 3.05) is 0 Å². The van der Waals surface area contributed by atoms with Gasteiger partial charge in [0.1, 0.15) is 6.04 Å². The molecule has 0 saturated carbocycles. The zero-order valence-electron chi connectivity index (χ0n) is 5.84. The first-order valence-electron chi connectivity index (χ1n) is 3.00. The van der Waals surface area contributed by atoms with Crippen LogP contribution in [0.3, 0.4) is 0 Å². The molecular formula is C4H9N2O4P. The van der Waals surface area contributed by atoms with Gasteiger partial charge >= 0.3 is 7.75 Å². The van der Waals surface area contributed by atoms with Crippen LogP contribution >= 0.6 is 7.75 Å². The van der Waals surface area contributed by atoms with E-state index in [2.05, 4.69) is 0 Å². The zero-order chi connectivity index (χ0) is 8.81. The number of amides is 1. The van der Waals surface area contributed by atoms with Crippen molar-refractivity contribution in [3.05, 3.63) is 0 Å². The number of hydrogen-bond acceptors (Lipinski definition) is 3. The fraction of sp³-hybridized carbons (Fsp3) is 0.750. The molecular weight excluding hydrogens is 171 g/mol. The van der Waals surface area contributed by atoms with Crippen LogP contribution in [0.4, 0.5) is 0 Å². The molecule has 2 unspecified atom stereocenters. The van der Waals surface area contributed by atoms with Gasteiger partial charge in [0.05, 0.1) is 6.04 Å². The molecule has 1 amide bonds. The summed E-state index contributed by atoms with van der Waals surface area (Å²) in [6.45, 7) is 1.49. The van der Waals surface area contributed by atoms with Crippen LogP contribution in [-0.4, -0.2) is 32.4 Å². The highest BCUT2D eigenvalue weighted by atomic mass is 31.2. The lowest BCUT2D eigenvalue weighted by molar-refractivity contribution is -0.141. The minimum absolute atomic E-state index is 0.498. The Bertz CT molecular complexity index is 236. The summed E-state index contributed by atoms with van der Waals surface area (Å²) >= 11 is 0. The molecule has 1 aliphatic rings. The van der Waals surface area contributed by atoms with Gasteiger partial charge in [0, 0.05) is 0 Å². The van der Waals surface area contributed by atoms with E-state index in [1.165, 1.54) is 6.92 Å². The van der Waals surface area contributed by atoms with Crippen molar-refractivity contribution >= 4 is 13.7 Å². The molecule has 0 aromatic rings. The van der Waals surface area contributed by atoms with Crippen molar-refractivity contribution in [3.8, 4) is 0 Å². The van der Waals surface area contributed by atoms with Crippen LogP contribution in [0.1, 0.15) is 6.92 Å². The van der Waals surface area contributed by atoms with Crippen molar-refractivity contribution in [1.82, 2.24) is 4.67 Å². The first kappa shape index (κ1) is 8.67. The number of rotatable bonds is 1. The lowest BCUT2D eigenvalue weighted by Crippen LogP contribution is -2.65. The smallest absolute Gasteiger partial charge is 0.318 e. The van der Waals surface area contributed by atoms with Gasteiger partial charge in [-0.05, 0) is 6.92 Å². The Morgan fingerprint density at radius 1 is 1.64 bits per heavy atom. The van der Waals surface area contributed by atoms with E-state index in [0.29, 0.717) is 4.67 Å². The molecule has 0 aromatic carbocycles. The van der Waals surface area contributed by atoms with Crippen molar-refractivity contribution in [2.45, 2.75) is 19.0 Å². The molecule has 1 saturated heterocycles. The molecule has 0 bridgehead atoms. The summed E-state index contributed by atoms with van der Waals surface area (Å²) in [5.41, 5.74) is 5.22. The van der Waals surface area contributed by atoms with E-state index in [9.17, 15) is 9.36 Å². The molecule has 0 radical (unpaired) electrons. The number of carbonyl (C=O) groups is 1. The van der Waals surface area contributed by atoms with Gasteiger partial charge in [0.25, 0.3) is 5.91 Å².